The average Bonchev–Trinajstić information content (AvgIpc) is 2.73. The van der Waals surface area contributed by atoms with Crippen LogP contribution in [0.15, 0.2) is 21.0 Å². The summed E-state index contributed by atoms with van der Waals surface area (Å²) in [5.74, 6) is 0. The standard InChI is InChI=1S/C12H13BrClN3O/c1-7-6-15-2-3-17(7)12-16-10-5-8(14)4-9(13)11(10)18-12/h4-5,7,15H,2-3,6H2,1H3/t7-/m0/s1. The van der Waals surface area contributed by atoms with Gasteiger partial charge in [0.25, 0.3) is 6.01 Å². The molecule has 0 bridgehead atoms. The quantitative estimate of drug-likeness (QED) is 0.872. The molecule has 1 aromatic heterocycles. The van der Waals surface area contributed by atoms with Crippen molar-refractivity contribution in [3.05, 3.63) is 21.6 Å². The summed E-state index contributed by atoms with van der Waals surface area (Å²) in [6.07, 6.45) is 0. The lowest BCUT2D eigenvalue weighted by Crippen LogP contribution is -2.50. The number of rotatable bonds is 1. The van der Waals surface area contributed by atoms with Crippen molar-refractivity contribution in [2.24, 2.45) is 0 Å². The third kappa shape index (κ3) is 2.11. The Kier molecular flexibility index (Phi) is 3.21. The van der Waals surface area contributed by atoms with Crippen LogP contribution in [0.2, 0.25) is 5.02 Å². The summed E-state index contributed by atoms with van der Waals surface area (Å²) in [7, 11) is 0. The van der Waals surface area contributed by atoms with Crippen molar-refractivity contribution in [1.82, 2.24) is 10.3 Å². The fourth-order valence-corrected chi connectivity index (χ4v) is 3.07. The molecular weight excluding hydrogens is 318 g/mol. The Labute approximate surface area is 118 Å². The molecule has 18 heavy (non-hydrogen) atoms. The van der Waals surface area contributed by atoms with Gasteiger partial charge >= 0.3 is 0 Å². The van der Waals surface area contributed by atoms with Crippen molar-refractivity contribution < 1.29 is 4.42 Å². The third-order valence-corrected chi connectivity index (χ3v) is 3.95. The van der Waals surface area contributed by atoms with Crippen LogP contribution in [-0.4, -0.2) is 30.7 Å². The number of benzene rings is 1. The third-order valence-electron chi connectivity index (χ3n) is 3.15. The fourth-order valence-electron chi connectivity index (χ4n) is 2.20. The van der Waals surface area contributed by atoms with Crippen LogP contribution >= 0.6 is 27.5 Å². The van der Waals surface area contributed by atoms with Crippen LogP contribution in [-0.2, 0) is 0 Å². The highest BCUT2D eigenvalue weighted by atomic mass is 79.9. The average molecular weight is 331 g/mol. The fraction of sp³-hybridized carbons (Fsp3) is 0.417. The van der Waals surface area contributed by atoms with Crippen molar-refractivity contribution >= 4 is 44.6 Å². The minimum absolute atomic E-state index is 0.376. The van der Waals surface area contributed by atoms with Gasteiger partial charge in [0.1, 0.15) is 5.52 Å². The Bertz CT molecular complexity index is 586. The number of piperazine rings is 1. The largest absolute Gasteiger partial charge is 0.422 e. The molecule has 2 heterocycles. The molecule has 3 rings (SSSR count). The van der Waals surface area contributed by atoms with Crippen LogP contribution in [0, 0.1) is 0 Å². The predicted molar refractivity (Wildman–Crippen MR) is 76.4 cm³/mol. The molecule has 6 heteroatoms. The number of nitrogens with one attached hydrogen (secondary N) is 1. The molecule has 1 fully saturated rings. The van der Waals surface area contributed by atoms with Gasteiger partial charge in [-0.1, -0.05) is 11.6 Å². The lowest BCUT2D eigenvalue weighted by Gasteiger charge is -2.32. The Hall–Kier alpha value is -0.780. The molecule has 2 aromatic rings. The molecule has 0 amide bonds. The van der Waals surface area contributed by atoms with E-state index in [4.69, 9.17) is 16.0 Å². The Morgan fingerprint density at radius 1 is 1.56 bits per heavy atom. The maximum absolute atomic E-state index is 6.01. The molecular formula is C12H13BrClN3O. The number of halogens is 2. The smallest absolute Gasteiger partial charge is 0.298 e. The molecule has 1 saturated heterocycles. The molecule has 1 N–H and O–H groups in total. The lowest BCUT2D eigenvalue weighted by molar-refractivity contribution is 0.456. The van der Waals surface area contributed by atoms with E-state index in [-0.39, 0.29) is 0 Å². The van der Waals surface area contributed by atoms with Crippen LogP contribution in [0.4, 0.5) is 6.01 Å². The van der Waals surface area contributed by atoms with E-state index in [1.165, 1.54) is 0 Å². The van der Waals surface area contributed by atoms with Crippen molar-refractivity contribution in [2.75, 3.05) is 24.5 Å². The van der Waals surface area contributed by atoms with Gasteiger partial charge in [-0.2, -0.15) is 4.98 Å². The van der Waals surface area contributed by atoms with Gasteiger partial charge < -0.3 is 14.6 Å². The first-order valence-electron chi connectivity index (χ1n) is 5.88. The highest BCUT2D eigenvalue weighted by molar-refractivity contribution is 9.10. The van der Waals surface area contributed by atoms with E-state index < -0.39 is 0 Å². The molecule has 1 aliphatic heterocycles. The maximum Gasteiger partial charge on any atom is 0.298 e. The Balaban J connectivity index is 2.05. The lowest BCUT2D eigenvalue weighted by atomic mass is 10.2. The minimum Gasteiger partial charge on any atom is -0.422 e. The second-order valence-corrected chi connectivity index (χ2v) is 5.77. The monoisotopic (exact) mass is 329 g/mol. The van der Waals surface area contributed by atoms with E-state index in [2.05, 4.69) is 38.1 Å². The van der Waals surface area contributed by atoms with Gasteiger partial charge in [0.2, 0.25) is 0 Å². The maximum atomic E-state index is 6.01. The number of aromatic nitrogens is 1. The molecule has 0 saturated carbocycles. The second-order valence-electron chi connectivity index (χ2n) is 4.48. The van der Waals surface area contributed by atoms with E-state index in [1.54, 1.807) is 0 Å². The van der Waals surface area contributed by atoms with Gasteiger partial charge in [-0.3, -0.25) is 0 Å². The molecule has 4 nitrogen and oxygen atoms in total. The van der Waals surface area contributed by atoms with Crippen molar-refractivity contribution in [1.29, 1.82) is 0 Å². The minimum atomic E-state index is 0.376. The zero-order chi connectivity index (χ0) is 12.7. The first kappa shape index (κ1) is 12.3. The van der Waals surface area contributed by atoms with Crippen LogP contribution in [0.3, 0.4) is 0 Å². The van der Waals surface area contributed by atoms with Gasteiger partial charge in [0, 0.05) is 30.7 Å². The van der Waals surface area contributed by atoms with E-state index >= 15 is 0 Å². The molecule has 0 aliphatic carbocycles. The van der Waals surface area contributed by atoms with Gasteiger partial charge in [-0.15, -0.1) is 0 Å². The zero-order valence-corrected chi connectivity index (χ0v) is 12.3. The molecule has 0 unspecified atom stereocenters. The number of hydrogen-bond acceptors (Lipinski definition) is 4. The molecule has 1 aliphatic rings. The molecule has 0 spiro atoms. The first-order valence-corrected chi connectivity index (χ1v) is 7.05. The Morgan fingerprint density at radius 3 is 3.17 bits per heavy atom. The summed E-state index contributed by atoms with van der Waals surface area (Å²) < 4.78 is 6.68. The SMILES string of the molecule is C[C@H]1CNCCN1c1nc2cc(Cl)cc(Br)c2o1. The van der Waals surface area contributed by atoms with Gasteiger partial charge in [-0.25, -0.2) is 0 Å². The van der Waals surface area contributed by atoms with E-state index in [9.17, 15) is 0 Å². The number of fused-ring (bicyclic) bond motifs is 1. The van der Waals surface area contributed by atoms with Crippen LogP contribution in [0.1, 0.15) is 6.92 Å². The first-order chi connectivity index (χ1) is 8.65. The van der Waals surface area contributed by atoms with Crippen molar-refractivity contribution in [2.45, 2.75) is 13.0 Å². The molecule has 1 atom stereocenters. The highest BCUT2D eigenvalue weighted by Gasteiger charge is 2.23. The summed E-state index contributed by atoms with van der Waals surface area (Å²) in [4.78, 5) is 6.70. The number of nitrogens with zero attached hydrogens (tertiary/aromatic N) is 2. The summed E-state index contributed by atoms with van der Waals surface area (Å²) in [6, 6.07) is 4.68. The Morgan fingerprint density at radius 2 is 2.39 bits per heavy atom. The summed E-state index contributed by atoms with van der Waals surface area (Å²) >= 11 is 9.46. The number of hydrogen-bond donors (Lipinski definition) is 1. The number of anilines is 1. The molecule has 1 aromatic carbocycles. The van der Waals surface area contributed by atoms with Crippen LogP contribution in [0.5, 0.6) is 0 Å². The topological polar surface area (TPSA) is 41.3 Å². The highest BCUT2D eigenvalue weighted by Crippen LogP contribution is 2.32. The van der Waals surface area contributed by atoms with Gasteiger partial charge in [0.05, 0.1) is 4.47 Å². The van der Waals surface area contributed by atoms with Crippen molar-refractivity contribution in [3.63, 3.8) is 0 Å². The summed E-state index contributed by atoms with van der Waals surface area (Å²) in [6.45, 7) is 4.95. The predicted octanol–water partition coefficient (Wildman–Crippen LogP) is 3.04. The van der Waals surface area contributed by atoms with E-state index in [1.807, 2.05) is 12.1 Å². The van der Waals surface area contributed by atoms with Crippen LogP contribution in [0.25, 0.3) is 11.1 Å². The normalized spacial score (nSPS) is 20.6. The summed E-state index contributed by atoms with van der Waals surface area (Å²) in [5, 5.41) is 4.00. The molecule has 0 radical (unpaired) electrons. The van der Waals surface area contributed by atoms with Crippen LogP contribution < -0.4 is 10.2 Å². The summed E-state index contributed by atoms with van der Waals surface area (Å²) in [5.41, 5.74) is 1.54. The second kappa shape index (κ2) is 4.72. The van der Waals surface area contributed by atoms with E-state index in [0.717, 1.165) is 35.2 Å². The van der Waals surface area contributed by atoms with E-state index in [0.29, 0.717) is 17.1 Å². The molecule has 96 valence electrons. The zero-order valence-electron chi connectivity index (χ0n) is 9.91. The number of oxazole rings is 1. The van der Waals surface area contributed by atoms with Crippen molar-refractivity contribution in [3.8, 4) is 0 Å². The van der Waals surface area contributed by atoms with Gasteiger partial charge in [-0.05, 0) is 35.0 Å². The van der Waals surface area contributed by atoms with Gasteiger partial charge in [0.15, 0.2) is 5.58 Å².